The van der Waals surface area contributed by atoms with Gasteiger partial charge < -0.3 is 5.73 Å². The third-order valence-electron chi connectivity index (χ3n) is 3.62. The molecule has 3 atom stereocenters. The fraction of sp³-hybridized carbons (Fsp3) is 0.571. The van der Waals surface area contributed by atoms with Crippen LogP contribution in [0.3, 0.4) is 0 Å². The standard InChI is InChI=1S/C14H21N/c1-9(2)11-4-6-12(7-5-11)14(15)13-8-10(13)3/h4-7,9-10,13-14H,8,15H2,1-3H3. The third-order valence-corrected chi connectivity index (χ3v) is 3.62. The van der Waals surface area contributed by atoms with E-state index >= 15 is 0 Å². The van der Waals surface area contributed by atoms with Gasteiger partial charge in [-0.05, 0) is 35.3 Å². The van der Waals surface area contributed by atoms with E-state index in [2.05, 4.69) is 45.0 Å². The van der Waals surface area contributed by atoms with E-state index in [9.17, 15) is 0 Å². The first-order valence-corrected chi connectivity index (χ1v) is 5.95. The van der Waals surface area contributed by atoms with Gasteiger partial charge in [-0.25, -0.2) is 0 Å². The fourth-order valence-electron chi connectivity index (χ4n) is 2.20. The van der Waals surface area contributed by atoms with Gasteiger partial charge in [0.25, 0.3) is 0 Å². The molecule has 1 nitrogen and oxygen atoms in total. The lowest BCUT2D eigenvalue weighted by Gasteiger charge is -2.13. The highest BCUT2D eigenvalue weighted by Crippen LogP contribution is 2.45. The van der Waals surface area contributed by atoms with Crippen LogP contribution in [0.15, 0.2) is 24.3 Å². The molecule has 1 aliphatic rings. The van der Waals surface area contributed by atoms with Crippen LogP contribution >= 0.6 is 0 Å². The molecule has 15 heavy (non-hydrogen) atoms. The number of hydrogen-bond donors (Lipinski definition) is 1. The zero-order valence-electron chi connectivity index (χ0n) is 9.90. The highest BCUT2D eigenvalue weighted by atomic mass is 14.7. The summed E-state index contributed by atoms with van der Waals surface area (Å²) in [4.78, 5) is 0. The molecule has 1 aromatic carbocycles. The summed E-state index contributed by atoms with van der Waals surface area (Å²) in [5.41, 5.74) is 8.91. The molecule has 1 aromatic rings. The normalized spacial score (nSPS) is 26.7. The summed E-state index contributed by atoms with van der Waals surface area (Å²) in [6.07, 6.45) is 1.30. The lowest BCUT2D eigenvalue weighted by Crippen LogP contribution is -2.13. The topological polar surface area (TPSA) is 26.0 Å². The molecule has 0 amide bonds. The van der Waals surface area contributed by atoms with Crippen LogP contribution in [0.1, 0.15) is 50.3 Å². The number of rotatable bonds is 3. The summed E-state index contributed by atoms with van der Waals surface area (Å²) in [5.74, 6) is 2.15. The van der Waals surface area contributed by atoms with E-state index in [0.29, 0.717) is 5.92 Å². The Kier molecular flexibility index (Phi) is 2.83. The molecule has 2 rings (SSSR count). The average molecular weight is 203 g/mol. The van der Waals surface area contributed by atoms with Crippen LogP contribution in [-0.2, 0) is 0 Å². The minimum atomic E-state index is 0.251. The zero-order chi connectivity index (χ0) is 11.0. The highest BCUT2D eigenvalue weighted by molar-refractivity contribution is 5.27. The van der Waals surface area contributed by atoms with Crippen LogP contribution in [0.4, 0.5) is 0 Å². The molecule has 0 radical (unpaired) electrons. The van der Waals surface area contributed by atoms with E-state index in [1.807, 2.05) is 0 Å². The second kappa shape index (κ2) is 3.97. The van der Waals surface area contributed by atoms with Gasteiger partial charge in [-0.2, -0.15) is 0 Å². The van der Waals surface area contributed by atoms with Gasteiger partial charge in [0.15, 0.2) is 0 Å². The maximum Gasteiger partial charge on any atom is 0.0326 e. The highest BCUT2D eigenvalue weighted by Gasteiger charge is 2.38. The lowest BCUT2D eigenvalue weighted by atomic mass is 9.97. The van der Waals surface area contributed by atoms with Crippen molar-refractivity contribution in [3.8, 4) is 0 Å². The van der Waals surface area contributed by atoms with Crippen molar-refractivity contribution in [1.29, 1.82) is 0 Å². The Labute approximate surface area is 92.7 Å². The molecule has 0 bridgehead atoms. The molecule has 0 aromatic heterocycles. The van der Waals surface area contributed by atoms with Gasteiger partial charge >= 0.3 is 0 Å². The monoisotopic (exact) mass is 203 g/mol. The second-order valence-corrected chi connectivity index (χ2v) is 5.22. The van der Waals surface area contributed by atoms with Crippen LogP contribution in [0.25, 0.3) is 0 Å². The van der Waals surface area contributed by atoms with Crippen molar-refractivity contribution in [2.45, 2.75) is 39.2 Å². The molecule has 0 heterocycles. The lowest BCUT2D eigenvalue weighted by molar-refractivity contribution is 0.593. The smallest absolute Gasteiger partial charge is 0.0326 e. The summed E-state index contributed by atoms with van der Waals surface area (Å²) in [7, 11) is 0. The van der Waals surface area contributed by atoms with Gasteiger partial charge in [-0.3, -0.25) is 0 Å². The Morgan fingerprint density at radius 1 is 1.13 bits per heavy atom. The largest absolute Gasteiger partial charge is 0.324 e. The Hall–Kier alpha value is -0.820. The molecule has 3 unspecified atom stereocenters. The summed E-state index contributed by atoms with van der Waals surface area (Å²) in [5, 5.41) is 0. The van der Waals surface area contributed by atoms with E-state index in [4.69, 9.17) is 5.73 Å². The van der Waals surface area contributed by atoms with Crippen molar-refractivity contribution in [2.75, 3.05) is 0 Å². The first-order chi connectivity index (χ1) is 7.09. The van der Waals surface area contributed by atoms with Crippen molar-refractivity contribution >= 4 is 0 Å². The summed E-state index contributed by atoms with van der Waals surface area (Å²) in [6, 6.07) is 9.08. The van der Waals surface area contributed by atoms with Crippen LogP contribution in [-0.4, -0.2) is 0 Å². The molecular formula is C14H21N. The van der Waals surface area contributed by atoms with Crippen LogP contribution in [0.2, 0.25) is 0 Å². The van der Waals surface area contributed by atoms with Crippen LogP contribution in [0.5, 0.6) is 0 Å². The number of hydrogen-bond acceptors (Lipinski definition) is 1. The predicted molar refractivity (Wildman–Crippen MR) is 64.7 cm³/mol. The SMILES string of the molecule is CC(C)c1ccc(C(N)C2CC2C)cc1. The van der Waals surface area contributed by atoms with Crippen molar-refractivity contribution in [3.63, 3.8) is 0 Å². The molecule has 82 valence electrons. The Morgan fingerprint density at radius 2 is 1.60 bits per heavy atom. The quantitative estimate of drug-likeness (QED) is 0.800. The van der Waals surface area contributed by atoms with Crippen molar-refractivity contribution < 1.29 is 0 Å². The minimum Gasteiger partial charge on any atom is -0.324 e. The third kappa shape index (κ3) is 2.23. The van der Waals surface area contributed by atoms with E-state index in [-0.39, 0.29) is 6.04 Å². The first-order valence-electron chi connectivity index (χ1n) is 5.95. The van der Waals surface area contributed by atoms with Crippen molar-refractivity contribution in [2.24, 2.45) is 17.6 Å². The van der Waals surface area contributed by atoms with E-state index in [0.717, 1.165) is 11.8 Å². The minimum absolute atomic E-state index is 0.251. The fourth-order valence-corrected chi connectivity index (χ4v) is 2.20. The van der Waals surface area contributed by atoms with Crippen molar-refractivity contribution in [1.82, 2.24) is 0 Å². The van der Waals surface area contributed by atoms with Crippen LogP contribution in [0, 0.1) is 11.8 Å². The predicted octanol–water partition coefficient (Wildman–Crippen LogP) is 3.47. The molecule has 1 heteroatoms. The van der Waals surface area contributed by atoms with E-state index in [1.54, 1.807) is 0 Å². The molecule has 1 aliphatic carbocycles. The van der Waals surface area contributed by atoms with Crippen LogP contribution < -0.4 is 5.73 Å². The summed E-state index contributed by atoms with van der Waals surface area (Å²) >= 11 is 0. The summed E-state index contributed by atoms with van der Waals surface area (Å²) < 4.78 is 0. The molecule has 0 spiro atoms. The Bertz CT molecular complexity index is 326. The molecule has 2 N–H and O–H groups in total. The van der Waals surface area contributed by atoms with Crippen molar-refractivity contribution in [3.05, 3.63) is 35.4 Å². The second-order valence-electron chi connectivity index (χ2n) is 5.22. The average Bonchev–Trinajstić information content (AvgIpc) is 2.94. The number of nitrogens with two attached hydrogens (primary N) is 1. The maximum atomic E-state index is 6.22. The number of benzene rings is 1. The van der Waals surface area contributed by atoms with Gasteiger partial charge in [-0.1, -0.05) is 45.0 Å². The van der Waals surface area contributed by atoms with Gasteiger partial charge in [0.1, 0.15) is 0 Å². The maximum absolute atomic E-state index is 6.22. The molecule has 0 saturated heterocycles. The first kappa shape index (κ1) is 10.7. The molecule has 1 saturated carbocycles. The van der Waals surface area contributed by atoms with Gasteiger partial charge in [0, 0.05) is 6.04 Å². The zero-order valence-corrected chi connectivity index (χ0v) is 9.90. The van der Waals surface area contributed by atoms with E-state index in [1.165, 1.54) is 17.5 Å². The molecule has 1 fully saturated rings. The Morgan fingerprint density at radius 3 is 2.00 bits per heavy atom. The Balaban J connectivity index is 2.09. The van der Waals surface area contributed by atoms with Gasteiger partial charge in [-0.15, -0.1) is 0 Å². The molecular weight excluding hydrogens is 182 g/mol. The summed E-state index contributed by atoms with van der Waals surface area (Å²) in [6.45, 7) is 6.73. The van der Waals surface area contributed by atoms with E-state index < -0.39 is 0 Å². The van der Waals surface area contributed by atoms with Gasteiger partial charge in [0.2, 0.25) is 0 Å². The van der Waals surface area contributed by atoms with Gasteiger partial charge in [0.05, 0.1) is 0 Å². The molecule has 0 aliphatic heterocycles.